The van der Waals surface area contributed by atoms with E-state index in [0.29, 0.717) is 5.11 Å². The first-order valence-electron chi connectivity index (χ1n) is 7.45. The quantitative estimate of drug-likeness (QED) is 0.559. The standard InChI is InChI=1S/C19H16FN3S/c20-14-6-8-17(9-7-14)22-19(24)23-18-12-10-16(11-13-18)21-15-4-2-1-3-5-15/h1-13,21H,(H2,22,23,24). The molecule has 0 spiro atoms. The van der Waals surface area contributed by atoms with Crippen LogP contribution in [0.4, 0.5) is 27.1 Å². The third-order valence-electron chi connectivity index (χ3n) is 3.31. The van der Waals surface area contributed by atoms with Gasteiger partial charge < -0.3 is 16.0 Å². The van der Waals surface area contributed by atoms with Gasteiger partial charge in [-0.05, 0) is 72.9 Å². The van der Waals surface area contributed by atoms with Gasteiger partial charge in [0.25, 0.3) is 0 Å². The molecule has 3 aromatic rings. The summed E-state index contributed by atoms with van der Waals surface area (Å²) in [5.41, 5.74) is 3.63. The van der Waals surface area contributed by atoms with Gasteiger partial charge in [-0.2, -0.15) is 0 Å². The van der Waals surface area contributed by atoms with Crippen LogP contribution in [-0.4, -0.2) is 5.11 Å². The van der Waals surface area contributed by atoms with E-state index in [-0.39, 0.29) is 5.82 Å². The number of halogens is 1. The molecule has 0 aliphatic carbocycles. The fourth-order valence-electron chi connectivity index (χ4n) is 2.15. The molecule has 3 aromatic carbocycles. The number of rotatable bonds is 4. The number of benzene rings is 3. The molecular weight excluding hydrogens is 321 g/mol. The van der Waals surface area contributed by atoms with Crippen molar-refractivity contribution in [2.75, 3.05) is 16.0 Å². The molecule has 5 heteroatoms. The summed E-state index contributed by atoms with van der Waals surface area (Å²) in [6, 6.07) is 23.8. The lowest BCUT2D eigenvalue weighted by atomic mass is 10.2. The highest BCUT2D eigenvalue weighted by Crippen LogP contribution is 2.19. The number of anilines is 4. The molecule has 0 saturated carbocycles. The Morgan fingerprint density at radius 2 is 1.08 bits per heavy atom. The highest BCUT2D eigenvalue weighted by molar-refractivity contribution is 7.80. The van der Waals surface area contributed by atoms with Crippen molar-refractivity contribution in [1.29, 1.82) is 0 Å². The van der Waals surface area contributed by atoms with Gasteiger partial charge in [-0.3, -0.25) is 0 Å². The van der Waals surface area contributed by atoms with Crippen molar-refractivity contribution in [3.8, 4) is 0 Å². The Morgan fingerprint density at radius 1 is 0.625 bits per heavy atom. The molecule has 24 heavy (non-hydrogen) atoms. The minimum atomic E-state index is -0.277. The van der Waals surface area contributed by atoms with Crippen molar-refractivity contribution in [1.82, 2.24) is 0 Å². The molecule has 3 nitrogen and oxygen atoms in total. The molecule has 3 rings (SSSR count). The molecule has 0 atom stereocenters. The highest BCUT2D eigenvalue weighted by Gasteiger charge is 2.00. The van der Waals surface area contributed by atoms with Crippen LogP contribution in [0.25, 0.3) is 0 Å². The topological polar surface area (TPSA) is 36.1 Å². The van der Waals surface area contributed by atoms with Gasteiger partial charge in [-0.15, -0.1) is 0 Å². The summed E-state index contributed by atoms with van der Waals surface area (Å²) in [4.78, 5) is 0. The second kappa shape index (κ2) is 7.57. The van der Waals surface area contributed by atoms with Crippen LogP contribution in [0.3, 0.4) is 0 Å². The van der Waals surface area contributed by atoms with Crippen LogP contribution in [0.5, 0.6) is 0 Å². The first-order chi connectivity index (χ1) is 11.7. The first kappa shape index (κ1) is 16.0. The SMILES string of the molecule is Fc1ccc(NC(=S)Nc2ccc(Nc3ccccc3)cc2)cc1. The molecule has 0 unspecified atom stereocenters. The normalized spacial score (nSPS) is 10.0. The highest BCUT2D eigenvalue weighted by atomic mass is 32.1. The molecule has 0 aromatic heterocycles. The van der Waals surface area contributed by atoms with Gasteiger partial charge in [-0.1, -0.05) is 18.2 Å². The summed E-state index contributed by atoms with van der Waals surface area (Å²) >= 11 is 5.26. The molecule has 0 saturated heterocycles. The molecule has 3 N–H and O–H groups in total. The van der Waals surface area contributed by atoms with Crippen molar-refractivity contribution < 1.29 is 4.39 Å². The number of hydrogen-bond donors (Lipinski definition) is 3. The fraction of sp³-hybridized carbons (Fsp3) is 0. The van der Waals surface area contributed by atoms with Crippen LogP contribution in [-0.2, 0) is 0 Å². The zero-order chi connectivity index (χ0) is 16.8. The maximum atomic E-state index is 12.9. The second-order valence-electron chi connectivity index (χ2n) is 5.15. The third kappa shape index (κ3) is 4.54. The average molecular weight is 337 g/mol. The Balaban J connectivity index is 1.57. The Hall–Kier alpha value is -2.92. The Kier molecular flexibility index (Phi) is 5.03. The Bertz CT molecular complexity index is 802. The molecule has 0 aliphatic rings. The van der Waals surface area contributed by atoms with Gasteiger partial charge in [-0.25, -0.2) is 4.39 Å². The average Bonchev–Trinajstić information content (AvgIpc) is 2.60. The summed E-state index contributed by atoms with van der Waals surface area (Å²) in [6.07, 6.45) is 0. The van der Waals surface area contributed by atoms with E-state index in [9.17, 15) is 4.39 Å². The van der Waals surface area contributed by atoms with E-state index in [1.54, 1.807) is 12.1 Å². The lowest BCUT2D eigenvalue weighted by Gasteiger charge is -2.11. The number of thiocarbonyl (C=S) groups is 1. The van der Waals surface area contributed by atoms with E-state index in [1.807, 2.05) is 54.6 Å². The van der Waals surface area contributed by atoms with Crippen LogP contribution < -0.4 is 16.0 Å². The van der Waals surface area contributed by atoms with Gasteiger partial charge in [0.05, 0.1) is 0 Å². The van der Waals surface area contributed by atoms with Crippen molar-refractivity contribution in [3.63, 3.8) is 0 Å². The Labute approximate surface area is 145 Å². The predicted octanol–water partition coefficient (Wildman–Crippen LogP) is 5.38. The van der Waals surface area contributed by atoms with E-state index in [4.69, 9.17) is 12.2 Å². The minimum Gasteiger partial charge on any atom is -0.356 e. The van der Waals surface area contributed by atoms with E-state index in [0.717, 1.165) is 22.7 Å². The van der Waals surface area contributed by atoms with Crippen LogP contribution in [0.1, 0.15) is 0 Å². The first-order valence-corrected chi connectivity index (χ1v) is 7.85. The summed E-state index contributed by atoms with van der Waals surface area (Å²) in [6.45, 7) is 0. The zero-order valence-electron chi connectivity index (χ0n) is 12.8. The number of nitrogens with one attached hydrogen (secondary N) is 3. The maximum absolute atomic E-state index is 12.9. The fourth-order valence-corrected chi connectivity index (χ4v) is 2.39. The lowest BCUT2D eigenvalue weighted by molar-refractivity contribution is 0.628. The van der Waals surface area contributed by atoms with E-state index in [2.05, 4.69) is 16.0 Å². The Morgan fingerprint density at radius 3 is 1.67 bits per heavy atom. The van der Waals surface area contributed by atoms with Gasteiger partial charge in [0.2, 0.25) is 0 Å². The maximum Gasteiger partial charge on any atom is 0.175 e. The monoisotopic (exact) mass is 337 g/mol. The van der Waals surface area contributed by atoms with Crippen molar-refractivity contribution in [2.45, 2.75) is 0 Å². The van der Waals surface area contributed by atoms with E-state index < -0.39 is 0 Å². The van der Waals surface area contributed by atoms with Gasteiger partial charge in [0, 0.05) is 22.7 Å². The molecule has 0 heterocycles. The van der Waals surface area contributed by atoms with Crippen molar-refractivity contribution in [2.24, 2.45) is 0 Å². The van der Waals surface area contributed by atoms with Crippen molar-refractivity contribution >= 4 is 40.1 Å². The van der Waals surface area contributed by atoms with Crippen LogP contribution in [0, 0.1) is 5.82 Å². The van der Waals surface area contributed by atoms with Crippen LogP contribution in [0.15, 0.2) is 78.9 Å². The molecule has 120 valence electrons. The van der Waals surface area contributed by atoms with E-state index in [1.165, 1.54) is 12.1 Å². The van der Waals surface area contributed by atoms with Crippen molar-refractivity contribution in [3.05, 3.63) is 84.7 Å². The van der Waals surface area contributed by atoms with Gasteiger partial charge in [0.1, 0.15) is 5.82 Å². The summed E-state index contributed by atoms with van der Waals surface area (Å²) < 4.78 is 12.9. The summed E-state index contributed by atoms with van der Waals surface area (Å²) in [7, 11) is 0. The van der Waals surface area contributed by atoms with Crippen LogP contribution >= 0.6 is 12.2 Å². The third-order valence-corrected chi connectivity index (χ3v) is 3.51. The number of hydrogen-bond acceptors (Lipinski definition) is 2. The lowest BCUT2D eigenvalue weighted by Crippen LogP contribution is -2.18. The predicted molar refractivity (Wildman–Crippen MR) is 102 cm³/mol. The second-order valence-corrected chi connectivity index (χ2v) is 5.56. The molecule has 0 fully saturated rings. The molecule has 0 aliphatic heterocycles. The van der Waals surface area contributed by atoms with E-state index >= 15 is 0 Å². The number of para-hydroxylation sites is 1. The smallest absolute Gasteiger partial charge is 0.175 e. The molecule has 0 amide bonds. The van der Waals surface area contributed by atoms with Gasteiger partial charge in [0.15, 0.2) is 5.11 Å². The largest absolute Gasteiger partial charge is 0.356 e. The molecule has 0 radical (unpaired) electrons. The molecule has 0 bridgehead atoms. The zero-order valence-corrected chi connectivity index (χ0v) is 13.6. The summed E-state index contributed by atoms with van der Waals surface area (Å²) in [5.74, 6) is -0.277. The minimum absolute atomic E-state index is 0.277. The summed E-state index contributed by atoms with van der Waals surface area (Å²) in [5, 5.41) is 9.87. The molecular formula is C19H16FN3S. The van der Waals surface area contributed by atoms with Gasteiger partial charge >= 0.3 is 0 Å². The van der Waals surface area contributed by atoms with Crippen LogP contribution in [0.2, 0.25) is 0 Å².